The minimum absolute atomic E-state index is 0.434. The van der Waals surface area contributed by atoms with Gasteiger partial charge in [-0.3, -0.25) is 0 Å². The van der Waals surface area contributed by atoms with Gasteiger partial charge in [0.05, 0.1) is 24.1 Å². The number of methoxy groups -OCH3 is 1. The third-order valence-corrected chi connectivity index (χ3v) is 3.42. The molecular formula is C16H13ClN2O2. The molecule has 0 unspecified atom stereocenters. The van der Waals surface area contributed by atoms with Crippen molar-refractivity contribution < 1.29 is 9.15 Å². The molecule has 0 bridgehead atoms. The molecule has 0 aliphatic carbocycles. The summed E-state index contributed by atoms with van der Waals surface area (Å²) in [7, 11) is 1.64. The van der Waals surface area contributed by atoms with Crippen LogP contribution in [0.2, 0.25) is 5.02 Å². The molecule has 5 heteroatoms. The van der Waals surface area contributed by atoms with Gasteiger partial charge in [0.1, 0.15) is 5.75 Å². The standard InChI is InChI=1S/C16H13ClN2O2/c1-20-12-8-6-11(7-9-12)10-15-18-19-16(21-15)13-4-2-3-5-14(13)17/h2-9H,10H2,1H3. The van der Waals surface area contributed by atoms with E-state index in [4.69, 9.17) is 20.8 Å². The Bertz CT molecular complexity index is 738. The van der Waals surface area contributed by atoms with Crippen LogP contribution in [0.4, 0.5) is 0 Å². The second-order valence-electron chi connectivity index (χ2n) is 4.51. The average molecular weight is 301 g/mol. The van der Waals surface area contributed by atoms with E-state index in [-0.39, 0.29) is 0 Å². The van der Waals surface area contributed by atoms with Gasteiger partial charge in [0.15, 0.2) is 0 Å². The predicted molar refractivity (Wildman–Crippen MR) is 80.5 cm³/mol. The van der Waals surface area contributed by atoms with E-state index in [0.717, 1.165) is 16.9 Å². The molecule has 0 saturated heterocycles. The van der Waals surface area contributed by atoms with Crippen LogP contribution in [0.3, 0.4) is 0 Å². The van der Waals surface area contributed by atoms with Gasteiger partial charge in [-0.2, -0.15) is 0 Å². The molecule has 0 amide bonds. The number of benzene rings is 2. The zero-order chi connectivity index (χ0) is 14.7. The Morgan fingerprint density at radius 1 is 1.05 bits per heavy atom. The summed E-state index contributed by atoms with van der Waals surface area (Å²) < 4.78 is 10.8. The normalized spacial score (nSPS) is 10.6. The number of hydrogen-bond donors (Lipinski definition) is 0. The molecular weight excluding hydrogens is 288 g/mol. The molecule has 0 aliphatic heterocycles. The van der Waals surface area contributed by atoms with Crippen molar-refractivity contribution in [2.45, 2.75) is 6.42 Å². The molecule has 0 fully saturated rings. The van der Waals surface area contributed by atoms with E-state index in [0.29, 0.717) is 23.2 Å². The first-order chi connectivity index (χ1) is 10.3. The monoisotopic (exact) mass is 300 g/mol. The molecule has 0 radical (unpaired) electrons. The van der Waals surface area contributed by atoms with Crippen molar-refractivity contribution in [1.29, 1.82) is 0 Å². The summed E-state index contributed by atoms with van der Waals surface area (Å²) in [6, 6.07) is 15.1. The minimum atomic E-state index is 0.434. The Hall–Kier alpha value is -2.33. The molecule has 3 rings (SSSR count). The van der Waals surface area contributed by atoms with E-state index < -0.39 is 0 Å². The summed E-state index contributed by atoms with van der Waals surface area (Å²) in [5.74, 6) is 1.81. The van der Waals surface area contributed by atoms with E-state index in [9.17, 15) is 0 Å². The van der Waals surface area contributed by atoms with Gasteiger partial charge in [-0.05, 0) is 29.8 Å². The SMILES string of the molecule is COc1ccc(Cc2nnc(-c3ccccc3Cl)o2)cc1. The van der Waals surface area contributed by atoms with E-state index in [1.165, 1.54) is 0 Å². The van der Waals surface area contributed by atoms with Crippen LogP contribution >= 0.6 is 11.6 Å². The van der Waals surface area contributed by atoms with Crippen LogP contribution in [0.5, 0.6) is 5.75 Å². The summed E-state index contributed by atoms with van der Waals surface area (Å²) in [5.41, 5.74) is 1.82. The van der Waals surface area contributed by atoms with E-state index in [2.05, 4.69) is 10.2 Å². The van der Waals surface area contributed by atoms with E-state index >= 15 is 0 Å². The third-order valence-electron chi connectivity index (χ3n) is 3.09. The van der Waals surface area contributed by atoms with E-state index in [1.807, 2.05) is 42.5 Å². The maximum absolute atomic E-state index is 6.12. The van der Waals surface area contributed by atoms with Crippen molar-refractivity contribution in [3.8, 4) is 17.2 Å². The Morgan fingerprint density at radius 2 is 1.81 bits per heavy atom. The number of halogens is 1. The Balaban J connectivity index is 1.80. The highest BCUT2D eigenvalue weighted by molar-refractivity contribution is 6.33. The molecule has 0 atom stereocenters. The average Bonchev–Trinajstić information content (AvgIpc) is 2.97. The van der Waals surface area contributed by atoms with Crippen LogP contribution in [0, 0.1) is 0 Å². The lowest BCUT2D eigenvalue weighted by atomic mass is 10.1. The van der Waals surface area contributed by atoms with Crippen LogP contribution in [0.25, 0.3) is 11.5 Å². The van der Waals surface area contributed by atoms with Crippen LogP contribution in [-0.2, 0) is 6.42 Å². The first-order valence-corrected chi connectivity index (χ1v) is 6.84. The highest BCUT2D eigenvalue weighted by Crippen LogP contribution is 2.26. The fourth-order valence-electron chi connectivity index (χ4n) is 1.99. The minimum Gasteiger partial charge on any atom is -0.497 e. The number of hydrogen-bond acceptors (Lipinski definition) is 4. The summed E-state index contributed by atoms with van der Waals surface area (Å²) in [4.78, 5) is 0. The number of aromatic nitrogens is 2. The lowest BCUT2D eigenvalue weighted by Gasteiger charge is -2.01. The van der Waals surface area contributed by atoms with Crippen LogP contribution < -0.4 is 4.74 Å². The quantitative estimate of drug-likeness (QED) is 0.731. The molecule has 2 aromatic carbocycles. The van der Waals surface area contributed by atoms with Crippen molar-refractivity contribution in [3.05, 3.63) is 65.0 Å². The van der Waals surface area contributed by atoms with Crippen LogP contribution in [0.15, 0.2) is 52.9 Å². The summed E-state index contributed by atoms with van der Waals surface area (Å²) in [6.45, 7) is 0. The topological polar surface area (TPSA) is 48.2 Å². The Labute approximate surface area is 127 Å². The summed E-state index contributed by atoms with van der Waals surface area (Å²) >= 11 is 6.12. The molecule has 0 aliphatic rings. The van der Waals surface area contributed by atoms with Gasteiger partial charge in [0.25, 0.3) is 0 Å². The highest BCUT2D eigenvalue weighted by atomic mass is 35.5. The zero-order valence-electron chi connectivity index (χ0n) is 11.4. The van der Waals surface area contributed by atoms with Crippen LogP contribution in [-0.4, -0.2) is 17.3 Å². The summed E-state index contributed by atoms with van der Waals surface area (Å²) in [5, 5.41) is 8.71. The maximum atomic E-state index is 6.12. The van der Waals surface area contributed by atoms with Crippen molar-refractivity contribution in [2.75, 3.05) is 7.11 Å². The largest absolute Gasteiger partial charge is 0.497 e. The molecule has 0 N–H and O–H groups in total. The number of rotatable bonds is 4. The second kappa shape index (κ2) is 5.97. The Kier molecular flexibility index (Phi) is 3.88. The Morgan fingerprint density at radius 3 is 2.52 bits per heavy atom. The van der Waals surface area contributed by atoms with Crippen molar-refractivity contribution in [3.63, 3.8) is 0 Å². The predicted octanol–water partition coefficient (Wildman–Crippen LogP) is 3.99. The van der Waals surface area contributed by atoms with Gasteiger partial charge in [0, 0.05) is 0 Å². The van der Waals surface area contributed by atoms with Crippen molar-refractivity contribution >= 4 is 11.6 Å². The van der Waals surface area contributed by atoms with Gasteiger partial charge in [-0.25, -0.2) is 0 Å². The van der Waals surface area contributed by atoms with Gasteiger partial charge in [0.2, 0.25) is 11.8 Å². The molecule has 0 saturated carbocycles. The lowest BCUT2D eigenvalue weighted by Crippen LogP contribution is -1.89. The smallest absolute Gasteiger partial charge is 0.249 e. The van der Waals surface area contributed by atoms with Gasteiger partial charge in [-0.1, -0.05) is 35.9 Å². The number of ether oxygens (including phenoxy) is 1. The fourth-order valence-corrected chi connectivity index (χ4v) is 2.20. The second-order valence-corrected chi connectivity index (χ2v) is 4.91. The zero-order valence-corrected chi connectivity index (χ0v) is 12.2. The molecule has 1 aromatic heterocycles. The first-order valence-electron chi connectivity index (χ1n) is 6.46. The first kappa shape index (κ1) is 13.6. The highest BCUT2D eigenvalue weighted by Gasteiger charge is 2.11. The van der Waals surface area contributed by atoms with Gasteiger partial charge in [-0.15, -0.1) is 10.2 Å². The van der Waals surface area contributed by atoms with Crippen molar-refractivity contribution in [2.24, 2.45) is 0 Å². The lowest BCUT2D eigenvalue weighted by molar-refractivity contribution is 0.414. The number of nitrogens with zero attached hydrogens (tertiary/aromatic N) is 2. The molecule has 1 heterocycles. The molecule has 4 nitrogen and oxygen atoms in total. The van der Waals surface area contributed by atoms with Gasteiger partial charge < -0.3 is 9.15 Å². The molecule has 106 valence electrons. The maximum Gasteiger partial charge on any atom is 0.249 e. The van der Waals surface area contributed by atoms with Crippen LogP contribution in [0.1, 0.15) is 11.5 Å². The molecule has 21 heavy (non-hydrogen) atoms. The summed E-state index contributed by atoms with van der Waals surface area (Å²) in [6.07, 6.45) is 0.571. The van der Waals surface area contributed by atoms with E-state index in [1.54, 1.807) is 13.2 Å². The third kappa shape index (κ3) is 3.06. The van der Waals surface area contributed by atoms with Gasteiger partial charge >= 0.3 is 0 Å². The molecule has 0 spiro atoms. The molecule has 3 aromatic rings. The van der Waals surface area contributed by atoms with Crippen molar-refractivity contribution in [1.82, 2.24) is 10.2 Å². The fraction of sp³-hybridized carbons (Fsp3) is 0.125.